The first-order chi connectivity index (χ1) is 6.13. The summed E-state index contributed by atoms with van der Waals surface area (Å²) >= 11 is 5.54. The van der Waals surface area contributed by atoms with Gasteiger partial charge in [0.05, 0.1) is 4.92 Å². The second kappa shape index (κ2) is 3.75. The van der Waals surface area contributed by atoms with Gasteiger partial charge in [0.1, 0.15) is 0 Å². The van der Waals surface area contributed by atoms with Crippen LogP contribution >= 0.6 is 11.6 Å². The fourth-order valence-electron chi connectivity index (χ4n) is 0.774. The van der Waals surface area contributed by atoms with Gasteiger partial charge in [-0.2, -0.15) is 0 Å². The van der Waals surface area contributed by atoms with Crippen LogP contribution in [0.15, 0.2) is 23.3 Å². The molecule has 13 heavy (non-hydrogen) atoms. The highest BCUT2D eigenvalue weighted by atomic mass is 35.5. The van der Waals surface area contributed by atoms with Crippen LogP contribution in [0.25, 0.3) is 10.4 Å². The number of azide groups is 1. The molecule has 0 N–H and O–H groups in total. The Labute approximate surface area is 77.5 Å². The van der Waals surface area contributed by atoms with Crippen molar-refractivity contribution in [2.24, 2.45) is 5.11 Å². The highest BCUT2D eigenvalue weighted by Gasteiger charge is 2.07. The zero-order valence-corrected chi connectivity index (χ0v) is 6.97. The highest BCUT2D eigenvalue weighted by molar-refractivity contribution is 6.31. The first-order valence-corrected chi connectivity index (χ1v) is 3.51. The van der Waals surface area contributed by atoms with Gasteiger partial charge in [0.25, 0.3) is 5.69 Å². The molecule has 0 heterocycles. The fraction of sp³-hybridized carbons (Fsp3) is 0. The second-order valence-corrected chi connectivity index (χ2v) is 2.55. The smallest absolute Gasteiger partial charge is 0.258 e. The summed E-state index contributed by atoms with van der Waals surface area (Å²) in [6.45, 7) is 0. The van der Waals surface area contributed by atoms with Crippen molar-refractivity contribution in [1.29, 1.82) is 0 Å². The topological polar surface area (TPSA) is 91.9 Å². The fourth-order valence-corrected chi connectivity index (χ4v) is 0.997. The van der Waals surface area contributed by atoms with E-state index in [0.29, 0.717) is 0 Å². The maximum Gasteiger partial charge on any atom is 0.271 e. The van der Waals surface area contributed by atoms with Crippen LogP contribution in [0.5, 0.6) is 0 Å². The van der Waals surface area contributed by atoms with Gasteiger partial charge in [0.2, 0.25) is 0 Å². The highest BCUT2D eigenvalue weighted by Crippen LogP contribution is 2.25. The Bertz CT molecular complexity index is 379. The number of benzene rings is 1. The van der Waals surface area contributed by atoms with E-state index in [1.54, 1.807) is 0 Å². The number of nitrogens with zero attached hydrogens (tertiary/aromatic N) is 4. The van der Waals surface area contributed by atoms with E-state index < -0.39 is 4.92 Å². The zero-order valence-electron chi connectivity index (χ0n) is 6.22. The van der Waals surface area contributed by atoms with Gasteiger partial charge in [-0.3, -0.25) is 10.1 Å². The van der Waals surface area contributed by atoms with Gasteiger partial charge in [-0.25, -0.2) is 0 Å². The Morgan fingerprint density at radius 1 is 1.54 bits per heavy atom. The van der Waals surface area contributed by atoms with Gasteiger partial charge in [0.15, 0.2) is 0 Å². The van der Waals surface area contributed by atoms with Crippen molar-refractivity contribution in [1.82, 2.24) is 0 Å². The van der Waals surface area contributed by atoms with Gasteiger partial charge in [-0.1, -0.05) is 16.7 Å². The quantitative estimate of drug-likeness (QED) is 0.240. The van der Waals surface area contributed by atoms with Gasteiger partial charge in [-0.15, -0.1) is 0 Å². The molecule has 1 aromatic rings. The van der Waals surface area contributed by atoms with Crippen molar-refractivity contribution in [3.05, 3.63) is 43.8 Å². The Hall–Kier alpha value is -1.78. The van der Waals surface area contributed by atoms with E-state index in [1.165, 1.54) is 12.1 Å². The van der Waals surface area contributed by atoms with Crippen molar-refractivity contribution >= 4 is 23.0 Å². The van der Waals surface area contributed by atoms with Gasteiger partial charge < -0.3 is 0 Å². The second-order valence-electron chi connectivity index (χ2n) is 2.11. The van der Waals surface area contributed by atoms with Crippen molar-refractivity contribution in [3.63, 3.8) is 0 Å². The van der Waals surface area contributed by atoms with Crippen LogP contribution in [0.4, 0.5) is 11.4 Å². The molecule has 1 aromatic carbocycles. The third kappa shape index (κ3) is 2.33. The molecule has 0 spiro atoms. The molecule has 6 nitrogen and oxygen atoms in total. The van der Waals surface area contributed by atoms with E-state index >= 15 is 0 Å². The molecule has 0 radical (unpaired) electrons. The Morgan fingerprint density at radius 3 is 2.77 bits per heavy atom. The van der Waals surface area contributed by atoms with E-state index in [1.807, 2.05) is 0 Å². The van der Waals surface area contributed by atoms with Crippen LogP contribution in [0.2, 0.25) is 5.02 Å². The average Bonchev–Trinajstić information content (AvgIpc) is 2.03. The average molecular weight is 199 g/mol. The van der Waals surface area contributed by atoms with Crippen molar-refractivity contribution in [2.45, 2.75) is 0 Å². The minimum atomic E-state index is -0.609. The number of rotatable bonds is 2. The molecule has 7 heteroatoms. The van der Waals surface area contributed by atoms with E-state index in [9.17, 15) is 10.1 Å². The summed E-state index contributed by atoms with van der Waals surface area (Å²) in [7, 11) is 0. The van der Waals surface area contributed by atoms with Crippen LogP contribution in [-0.2, 0) is 0 Å². The number of hydrogen-bond donors (Lipinski definition) is 0. The van der Waals surface area contributed by atoms with Crippen LogP contribution in [-0.4, -0.2) is 4.92 Å². The maximum absolute atomic E-state index is 10.3. The third-order valence-electron chi connectivity index (χ3n) is 1.24. The van der Waals surface area contributed by atoms with Crippen LogP contribution in [0, 0.1) is 10.1 Å². The minimum absolute atomic E-state index is 0.127. The summed E-state index contributed by atoms with van der Waals surface area (Å²) in [5.41, 5.74) is 8.01. The molecule has 0 saturated carbocycles. The third-order valence-corrected chi connectivity index (χ3v) is 1.46. The standard InChI is InChI=1S/C6H3ClN4O2/c7-4-1-5(9-10-8)3-6(2-4)11(12)13/h1-3H. The van der Waals surface area contributed by atoms with Gasteiger partial charge >= 0.3 is 0 Å². The van der Waals surface area contributed by atoms with E-state index in [4.69, 9.17) is 17.1 Å². The zero-order chi connectivity index (χ0) is 9.84. The first-order valence-electron chi connectivity index (χ1n) is 3.13. The molecule has 0 aliphatic heterocycles. The monoisotopic (exact) mass is 198 g/mol. The predicted octanol–water partition coefficient (Wildman–Crippen LogP) is 3.19. The molecule has 66 valence electrons. The normalized spacial score (nSPS) is 9.00. The summed E-state index contributed by atoms with van der Waals surface area (Å²) in [6, 6.07) is 3.66. The summed E-state index contributed by atoms with van der Waals surface area (Å²) in [4.78, 5) is 12.2. The summed E-state index contributed by atoms with van der Waals surface area (Å²) in [6.07, 6.45) is 0. The number of nitro benzene ring substituents is 1. The first kappa shape index (κ1) is 9.31. The molecule has 0 aliphatic carbocycles. The molecule has 0 unspecified atom stereocenters. The lowest BCUT2D eigenvalue weighted by Gasteiger charge is -1.94. The van der Waals surface area contributed by atoms with Crippen LogP contribution in [0.1, 0.15) is 0 Å². The van der Waals surface area contributed by atoms with Gasteiger partial charge in [-0.05, 0) is 11.6 Å². The number of non-ortho nitro benzene ring substituents is 1. The molecule has 0 atom stereocenters. The Morgan fingerprint density at radius 2 is 2.23 bits per heavy atom. The molecular formula is C6H3ClN4O2. The molecule has 0 aromatic heterocycles. The van der Waals surface area contributed by atoms with E-state index in [-0.39, 0.29) is 16.4 Å². The van der Waals surface area contributed by atoms with Crippen molar-refractivity contribution in [3.8, 4) is 0 Å². The van der Waals surface area contributed by atoms with Crippen molar-refractivity contribution in [2.75, 3.05) is 0 Å². The Kier molecular flexibility index (Phi) is 2.69. The van der Waals surface area contributed by atoms with E-state index in [0.717, 1.165) is 6.07 Å². The molecule has 0 fully saturated rings. The lowest BCUT2D eigenvalue weighted by molar-refractivity contribution is -0.384. The van der Waals surface area contributed by atoms with E-state index in [2.05, 4.69) is 10.0 Å². The molecule has 0 saturated heterocycles. The summed E-state index contributed by atoms with van der Waals surface area (Å²) < 4.78 is 0. The molecule has 0 aliphatic rings. The Balaban J connectivity index is 3.26. The predicted molar refractivity (Wildman–Crippen MR) is 46.9 cm³/mol. The lowest BCUT2D eigenvalue weighted by atomic mass is 10.3. The number of hydrogen-bond acceptors (Lipinski definition) is 3. The number of halogens is 1. The van der Waals surface area contributed by atoms with Crippen LogP contribution < -0.4 is 0 Å². The summed E-state index contributed by atoms with van der Waals surface area (Å²) in [5.74, 6) is 0. The molecule has 0 bridgehead atoms. The molecule has 1 rings (SSSR count). The largest absolute Gasteiger partial charge is 0.271 e. The van der Waals surface area contributed by atoms with Crippen LogP contribution in [0.3, 0.4) is 0 Å². The lowest BCUT2D eigenvalue weighted by Crippen LogP contribution is -1.86. The maximum atomic E-state index is 10.3. The summed E-state index contributed by atoms with van der Waals surface area (Å²) in [5, 5.41) is 13.7. The van der Waals surface area contributed by atoms with Gasteiger partial charge in [0, 0.05) is 27.8 Å². The number of nitro groups is 1. The molecular weight excluding hydrogens is 196 g/mol. The molecule has 0 amide bonds. The SMILES string of the molecule is [N-]=[N+]=Nc1cc(Cl)cc([N+](=O)[O-])c1. The van der Waals surface area contributed by atoms with Crippen molar-refractivity contribution < 1.29 is 4.92 Å². The minimum Gasteiger partial charge on any atom is -0.258 e.